The molecule has 0 saturated heterocycles. The van der Waals surface area contributed by atoms with E-state index in [0.29, 0.717) is 6.79 Å². The number of aryl methyl sites for hydroxylation is 1. The third-order valence-electron chi connectivity index (χ3n) is 4.76. The van der Waals surface area contributed by atoms with Gasteiger partial charge >= 0.3 is 0 Å². The van der Waals surface area contributed by atoms with Crippen LogP contribution in [0.3, 0.4) is 0 Å². The maximum Gasteiger partial charge on any atom is 0.231 e. The first-order valence-corrected chi connectivity index (χ1v) is 8.79. The molecule has 5 heteroatoms. The molecular formula is C21H23N3O2. The lowest BCUT2D eigenvalue weighted by Crippen LogP contribution is -2.18. The van der Waals surface area contributed by atoms with Crippen molar-refractivity contribution in [1.29, 1.82) is 0 Å². The van der Waals surface area contributed by atoms with Crippen LogP contribution in [-0.2, 0) is 13.1 Å². The Balaban J connectivity index is 1.51. The summed E-state index contributed by atoms with van der Waals surface area (Å²) in [5.74, 6) is 1.66. The van der Waals surface area contributed by atoms with E-state index in [1.165, 1.54) is 16.8 Å². The molecular weight excluding hydrogens is 326 g/mol. The summed E-state index contributed by atoms with van der Waals surface area (Å²) in [6, 6.07) is 16.4. The van der Waals surface area contributed by atoms with E-state index >= 15 is 0 Å². The molecule has 0 bridgehead atoms. The van der Waals surface area contributed by atoms with Crippen LogP contribution in [0.4, 0.5) is 0 Å². The number of hydrogen-bond acceptors (Lipinski definition) is 4. The van der Waals surface area contributed by atoms with Crippen molar-refractivity contribution < 1.29 is 9.47 Å². The monoisotopic (exact) mass is 349 g/mol. The van der Waals surface area contributed by atoms with Crippen LogP contribution in [0.15, 0.2) is 48.5 Å². The summed E-state index contributed by atoms with van der Waals surface area (Å²) in [6.45, 7) is 6.21. The lowest BCUT2D eigenvalue weighted by atomic mass is 10.1. The molecule has 5 nitrogen and oxygen atoms in total. The van der Waals surface area contributed by atoms with E-state index in [4.69, 9.17) is 14.6 Å². The van der Waals surface area contributed by atoms with Crippen molar-refractivity contribution in [2.45, 2.75) is 26.9 Å². The predicted molar refractivity (Wildman–Crippen MR) is 101 cm³/mol. The van der Waals surface area contributed by atoms with E-state index in [9.17, 15) is 0 Å². The van der Waals surface area contributed by atoms with E-state index in [2.05, 4.69) is 50.1 Å². The number of ether oxygens (including phenoxy) is 2. The second kappa shape index (κ2) is 6.84. The third kappa shape index (κ3) is 3.18. The van der Waals surface area contributed by atoms with Gasteiger partial charge in [0.2, 0.25) is 6.79 Å². The van der Waals surface area contributed by atoms with Crippen molar-refractivity contribution in [3.63, 3.8) is 0 Å². The Bertz CT molecular complexity index is 919. The summed E-state index contributed by atoms with van der Waals surface area (Å²) >= 11 is 0. The van der Waals surface area contributed by atoms with Gasteiger partial charge < -0.3 is 9.47 Å². The molecule has 2 heterocycles. The number of nitrogens with zero attached hydrogens (tertiary/aromatic N) is 3. The zero-order valence-electron chi connectivity index (χ0n) is 15.4. The Hall–Kier alpha value is -2.79. The summed E-state index contributed by atoms with van der Waals surface area (Å²) < 4.78 is 12.9. The van der Waals surface area contributed by atoms with Gasteiger partial charge in [-0.05, 0) is 50.7 Å². The van der Waals surface area contributed by atoms with Crippen molar-refractivity contribution in [3.8, 4) is 17.2 Å². The van der Waals surface area contributed by atoms with Gasteiger partial charge in [-0.3, -0.25) is 4.90 Å². The zero-order chi connectivity index (χ0) is 18.1. The molecule has 1 aromatic heterocycles. The first-order valence-electron chi connectivity index (χ1n) is 8.79. The fourth-order valence-corrected chi connectivity index (χ4v) is 3.40. The average molecular weight is 349 g/mol. The third-order valence-corrected chi connectivity index (χ3v) is 4.76. The van der Waals surface area contributed by atoms with Gasteiger partial charge in [-0.1, -0.05) is 24.3 Å². The molecule has 0 N–H and O–H groups in total. The molecule has 0 amide bonds. The molecule has 0 radical (unpaired) electrons. The average Bonchev–Trinajstić information content (AvgIpc) is 3.21. The van der Waals surface area contributed by atoms with Crippen molar-refractivity contribution in [1.82, 2.24) is 14.7 Å². The molecule has 134 valence electrons. The summed E-state index contributed by atoms with van der Waals surface area (Å²) in [5, 5.41) is 4.74. The van der Waals surface area contributed by atoms with Crippen LogP contribution in [0, 0.1) is 13.8 Å². The molecule has 1 aliphatic rings. The van der Waals surface area contributed by atoms with Gasteiger partial charge in [0.15, 0.2) is 11.5 Å². The summed E-state index contributed by atoms with van der Waals surface area (Å²) in [5.41, 5.74) is 5.84. The Morgan fingerprint density at radius 1 is 1.00 bits per heavy atom. The highest BCUT2D eigenvalue weighted by Crippen LogP contribution is 2.33. The topological polar surface area (TPSA) is 39.5 Å². The minimum Gasteiger partial charge on any atom is -0.454 e. The van der Waals surface area contributed by atoms with Gasteiger partial charge in [-0.15, -0.1) is 0 Å². The fourth-order valence-electron chi connectivity index (χ4n) is 3.40. The van der Waals surface area contributed by atoms with Gasteiger partial charge in [0.05, 0.1) is 11.4 Å². The van der Waals surface area contributed by atoms with Crippen molar-refractivity contribution >= 4 is 0 Å². The number of para-hydroxylation sites is 1. The van der Waals surface area contributed by atoms with Gasteiger partial charge in [-0.2, -0.15) is 5.10 Å². The standard InChI is InChI=1S/C21H23N3O2/c1-15-19(16(2)24(22-15)18-7-5-4-6-8-18)13-23(3)12-17-9-10-20-21(11-17)26-14-25-20/h4-11H,12-14H2,1-3H3. The molecule has 3 aromatic rings. The molecule has 0 atom stereocenters. The molecule has 0 unspecified atom stereocenters. The molecule has 4 rings (SSSR count). The molecule has 0 fully saturated rings. The minimum atomic E-state index is 0.311. The second-order valence-electron chi connectivity index (χ2n) is 6.76. The maximum absolute atomic E-state index is 5.48. The Morgan fingerprint density at radius 2 is 1.77 bits per heavy atom. The lowest BCUT2D eigenvalue weighted by molar-refractivity contribution is 0.174. The number of fused-ring (bicyclic) bond motifs is 1. The molecule has 0 spiro atoms. The Morgan fingerprint density at radius 3 is 2.58 bits per heavy atom. The summed E-state index contributed by atoms with van der Waals surface area (Å²) in [6.07, 6.45) is 0. The molecule has 1 aliphatic heterocycles. The van der Waals surface area contributed by atoms with Gasteiger partial charge in [-0.25, -0.2) is 4.68 Å². The number of benzene rings is 2. The van der Waals surface area contributed by atoms with E-state index in [0.717, 1.165) is 36.0 Å². The summed E-state index contributed by atoms with van der Waals surface area (Å²) in [7, 11) is 2.13. The van der Waals surface area contributed by atoms with Crippen molar-refractivity contribution in [2.24, 2.45) is 0 Å². The Kier molecular flexibility index (Phi) is 4.39. The smallest absolute Gasteiger partial charge is 0.231 e. The molecule has 26 heavy (non-hydrogen) atoms. The number of hydrogen-bond donors (Lipinski definition) is 0. The fraction of sp³-hybridized carbons (Fsp3) is 0.286. The molecule has 0 saturated carbocycles. The largest absolute Gasteiger partial charge is 0.454 e. The SMILES string of the molecule is Cc1nn(-c2ccccc2)c(C)c1CN(C)Cc1ccc2c(c1)OCO2. The first kappa shape index (κ1) is 16.7. The Labute approximate surface area is 153 Å². The lowest BCUT2D eigenvalue weighted by Gasteiger charge is -2.17. The van der Waals surface area contributed by atoms with E-state index in [-0.39, 0.29) is 0 Å². The van der Waals surface area contributed by atoms with Gasteiger partial charge in [0, 0.05) is 24.3 Å². The van der Waals surface area contributed by atoms with Crippen LogP contribution >= 0.6 is 0 Å². The highest BCUT2D eigenvalue weighted by molar-refractivity contribution is 5.44. The highest BCUT2D eigenvalue weighted by Gasteiger charge is 2.16. The normalized spacial score (nSPS) is 12.8. The van der Waals surface area contributed by atoms with Crippen LogP contribution < -0.4 is 9.47 Å². The summed E-state index contributed by atoms with van der Waals surface area (Å²) in [4.78, 5) is 2.30. The van der Waals surface area contributed by atoms with Crippen LogP contribution in [-0.4, -0.2) is 28.5 Å². The first-order chi connectivity index (χ1) is 12.6. The van der Waals surface area contributed by atoms with E-state index in [1.807, 2.05) is 28.9 Å². The van der Waals surface area contributed by atoms with Crippen LogP contribution in [0.5, 0.6) is 11.5 Å². The van der Waals surface area contributed by atoms with Crippen molar-refractivity contribution in [3.05, 3.63) is 71.0 Å². The second-order valence-corrected chi connectivity index (χ2v) is 6.76. The van der Waals surface area contributed by atoms with E-state index < -0.39 is 0 Å². The minimum absolute atomic E-state index is 0.311. The maximum atomic E-state index is 5.48. The number of aromatic nitrogens is 2. The van der Waals surface area contributed by atoms with Crippen molar-refractivity contribution in [2.75, 3.05) is 13.8 Å². The quantitative estimate of drug-likeness (QED) is 0.701. The van der Waals surface area contributed by atoms with Crippen LogP contribution in [0.1, 0.15) is 22.5 Å². The molecule has 2 aromatic carbocycles. The highest BCUT2D eigenvalue weighted by atomic mass is 16.7. The van der Waals surface area contributed by atoms with Gasteiger partial charge in [0.25, 0.3) is 0 Å². The van der Waals surface area contributed by atoms with Gasteiger partial charge in [0.1, 0.15) is 0 Å². The van der Waals surface area contributed by atoms with Crippen LogP contribution in [0.25, 0.3) is 5.69 Å². The zero-order valence-corrected chi connectivity index (χ0v) is 15.4. The molecule has 0 aliphatic carbocycles. The number of rotatable bonds is 5. The predicted octanol–water partition coefficient (Wildman–Crippen LogP) is 3.85. The van der Waals surface area contributed by atoms with E-state index in [1.54, 1.807) is 0 Å². The van der Waals surface area contributed by atoms with Crippen LogP contribution in [0.2, 0.25) is 0 Å².